The number of benzene rings is 2. The number of rotatable bonds is 11. The van der Waals surface area contributed by atoms with Crippen molar-refractivity contribution in [1.29, 1.82) is 0 Å². The Kier molecular flexibility index (Phi) is 8.82. The number of aromatic nitrogens is 1. The van der Waals surface area contributed by atoms with Crippen molar-refractivity contribution in [2.75, 3.05) is 27.3 Å². The highest BCUT2D eigenvalue weighted by Crippen LogP contribution is 2.56. The number of piperidine rings is 1. The Balaban J connectivity index is 1.16. The first-order valence-electron chi connectivity index (χ1n) is 14.2. The van der Waals surface area contributed by atoms with Crippen LogP contribution >= 0.6 is 0 Å². The normalized spacial score (nSPS) is 16.8. The summed E-state index contributed by atoms with van der Waals surface area (Å²) in [6.07, 6.45) is 12.0. The predicted octanol–water partition coefficient (Wildman–Crippen LogP) is 6.82. The molecule has 39 heavy (non-hydrogen) atoms. The Labute approximate surface area is 232 Å². The molecule has 2 aliphatic rings. The minimum atomic E-state index is 0.419. The Morgan fingerprint density at radius 2 is 1.77 bits per heavy atom. The average molecular weight is 528 g/mol. The molecule has 6 nitrogen and oxygen atoms in total. The van der Waals surface area contributed by atoms with Gasteiger partial charge in [0.1, 0.15) is 6.61 Å². The topological polar surface area (TPSA) is 65.0 Å². The van der Waals surface area contributed by atoms with Crippen LogP contribution in [0, 0.1) is 5.41 Å². The van der Waals surface area contributed by atoms with Crippen LogP contribution in [0.4, 0.5) is 5.69 Å². The number of nitrogens with zero attached hydrogens (tertiary/aromatic N) is 2. The number of aliphatic imine (C=N–C) groups is 1. The van der Waals surface area contributed by atoms with Crippen molar-refractivity contribution in [2.24, 2.45) is 10.4 Å². The zero-order valence-corrected chi connectivity index (χ0v) is 23.5. The fraction of sp³-hybridized carbons (Fsp3) is 0.455. The minimum absolute atomic E-state index is 0.419. The van der Waals surface area contributed by atoms with Gasteiger partial charge in [-0.25, -0.2) is 4.98 Å². The Morgan fingerprint density at radius 3 is 2.49 bits per heavy atom. The van der Waals surface area contributed by atoms with Gasteiger partial charge in [0, 0.05) is 24.0 Å². The van der Waals surface area contributed by atoms with Gasteiger partial charge in [-0.15, -0.1) is 0 Å². The maximum atomic E-state index is 6.02. The number of hydrogen-bond acceptors (Lipinski definition) is 6. The van der Waals surface area contributed by atoms with Crippen molar-refractivity contribution in [3.63, 3.8) is 0 Å². The van der Waals surface area contributed by atoms with E-state index in [0.717, 1.165) is 42.0 Å². The predicted molar refractivity (Wildman–Crippen MR) is 157 cm³/mol. The van der Waals surface area contributed by atoms with Crippen LogP contribution in [0.1, 0.15) is 67.2 Å². The molecule has 0 bridgehead atoms. The number of methoxy groups -OCH3 is 2. The van der Waals surface area contributed by atoms with Gasteiger partial charge in [-0.2, -0.15) is 0 Å². The van der Waals surface area contributed by atoms with E-state index in [-0.39, 0.29) is 0 Å². The number of aryl methyl sites for hydroxylation is 2. The van der Waals surface area contributed by atoms with Crippen LogP contribution in [0.3, 0.4) is 0 Å². The maximum absolute atomic E-state index is 6.02. The molecular formula is C33H41N3O3. The summed E-state index contributed by atoms with van der Waals surface area (Å²) < 4.78 is 16.8. The highest BCUT2D eigenvalue weighted by Gasteiger charge is 2.44. The lowest BCUT2D eigenvalue weighted by Gasteiger charge is -2.50. The molecule has 0 amide bonds. The number of hydrogen-bond donors (Lipinski definition) is 1. The van der Waals surface area contributed by atoms with Gasteiger partial charge in [0.05, 0.1) is 19.9 Å². The smallest absolute Gasteiger partial charge is 0.212 e. The molecule has 2 fully saturated rings. The number of ether oxygens (including phenoxy) is 3. The van der Waals surface area contributed by atoms with Crippen LogP contribution in [0.25, 0.3) is 0 Å². The van der Waals surface area contributed by atoms with Crippen LogP contribution in [-0.4, -0.2) is 38.5 Å². The van der Waals surface area contributed by atoms with Gasteiger partial charge >= 0.3 is 0 Å². The lowest BCUT2D eigenvalue weighted by atomic mass is 9.56. The van der Waals surface area contributed by atoms with Crippen molar-refractivity contribution in [3.05, 3.63) is 77.0 Å². The number of nitrogens with one attached hydrogen (secondary N) is 1. The molecule has 1 spiro atoms. The molecule has 0 unspecified atom stereocenters. The SMILES string of the molecule is CC=Nc1cc(C2CC3(CCNCC3)C2)ccc1CCCc1ccc(OCc2ccc(OC)nc2)c(OC)c1. The average Bonchev–Trinajstić information content (AvgIpc) is 2.96. The second-order valence-electron chi connectivity index (χ2n) is 11.0. The van der Waals surface area contributed by atoms with Crippen molar-refractivity contribution < 1.29 is 14.2 Å². The summed E-state index contributed by atoms with van der Waals surface area (Å²) >= 11 is 0. The number of pyridine rings is 1. The van der Waals surface area contributed by atoms with E-state index in [2.05, 4.69) is 40.6 Å². The summed E-state index contributed by atoms with van der Waals surface area (Å²) in [5, 5.41) is 3.51. The molecule has 0 radical (unpaired) electrons. The third kappa shape index (κ3) is 6.62. The van der Waals surface area contributed by atoms with Crippen molar-refractivity contribution in [3.8, 4) is 17.4 Å². The molecule has 2 aromatic carbocycles. The van der Waals surface area contributed by atoms with E-state index >= 15 is 0 Å². The van der Waals surface area contributed by atoms with Crippen molar-refractivity contribution >= 4 is 11.9 Å². The first kappa shape index (κ1) is 27.2. The van der Waals surface area contributed by atoms with E-state index in [1.165, 1.54) is 55.5 Å². The maximum Gasteiger partial charge on any atom is 0.212 e. The van der Waals surface area contributed by atoms with Crippen LogP contribution in [0.5, 0.6) is 17.4 Å². The zero-order valence-electron chi connectivity index (χ0n) is 23.5. The first-order valence-corrected chi connectivity index (χ1v) is 14.2. The molecule has 206 valence electrons. The molecular weight excluding hydrogens is 486 g/mol. The first-order chi connectivity index (χ1) is 19.1. The summed E-state index contributed by atoms with van der Waals surface area (Å²) in [4.78, 5) is 8.99. The molecule has 2 heterocycles. The van der Waals surface area contributed by atoms with Gasteiger partial charge < -0.3 is 19.5 Å². The quantitative estimate of drug-likeness (QED) is 0.277. The Bertz CT molecular complexity index is 1260. The molecule has 1 aliphatic heterocycles. The molecule has 1 saturated heterocycles. The largest absolute Gasteiger partial charge is 0.493 e. The molecule has 1 aliphatic carbocycles. The molecule has 1 saturated carbocycles. The lowest BCUT2D eigenvalue weighted by molar-refractivity contribution is 0.0604. The van der Waals surface area contributed by atoms with E-state index in [0.29, 0.717) is 23.8 Å². The molecule has 1 N–H and O–H groups in total. The third-order valence-electron chi connectivity index (χ3n) is 8.41. The molecule has 0 atom stereocenters. The second-order valence-corrected chi connectivity index (χ2v) is 11.0. The van der Waals surface area contributed by atoms with Gasteiger partial charge in [0.2, 0.25) is 5.88 Å². The molecule has 5 rings (SSSR count). The van der Waals surface area contributed by atoms with Gasteiger partial charge in [-0.1, -0.05) is 18.2 Å². The van der Waals surface area contributed by atoms with Gasteiger partial charge in [0.15, 0.2) is 11.5 Å². The summed E-state index contributed by atoms with van der Waals surface area (Å²) in [5.41, 5.74) is 6.74. The highest BCUT2D eigenvalue weighted by molar-refractivity contribution is 5.63. The van der Waals surface area contributed by atoms with Gasteiger partial charge in [0.25, 0.3) is 0 Å². The van der Waals surface area contributed by atoms with Gasteiger partial charge in [-0.3, -0.25) is 4.99 Å². The van der Waals surface area contributed by atoms with Crippen LogP contribution in [0.15, 0.2) is 59.7 Å². The van der Waals surface area contributed by atoms with Gasteiger partial charge in [-0.05, 0) is 117 Å². The minimum Gasteiger partial charge on any atom is -0.493 e. The van der Waals surface area contributed by atoms with Crippen LogP contribution in [-0.2, 0) is 19.4 Å². The van der Waals surface area contributed by atoms with E-state index in [9.17, 15) is 0 Å². The van der Waals surface area contributed by atoms with Crippen LogP contribution < -0.4 is 19.5 Å². The van der Waals surface area contributed by atoms with E-state index in [1.54, 1.807) is 20.4 Å². The van der Waals surface area contributed by atoms with E-state index in [4.69, 9.17) is 19.2 Å². The van der Waals surface area contributed by atoms with Crippen LogP contribution in [0.2, 0.25) is 0 Å². The second kappa shape index (κ2) is 12.6. The summed E-state index contributed by atoms with van der Waals surface area (Å²) in [6.45, 7) is 4.79. The molecule has 6 heteroatoms. The summed E-state index contributed by atoms with van der Waals surface area (Å²) in [6, 6.07) is 17.0. The van der Waals surface area contributed by atoms with E-state index in [1.807, 2.05) is 31.3 Å². The third-order valence-corrected chi connectivity index (χ3v) is 8.41. The standard InChI is InChI=1S/C33H41N3O3/c1-4-35-29-19-27(28-20-33(21-28)14-16-34-17-15-33)11-10-26(29)7-5-6-24-8-12-30(31(18-24)37-2)39-23-25-9-13-32(38-3)36-22-25/h4,8-13,18-19,22,28,34H,5-7,14-17,20-21,23H2,1-3H3. The van der Waals surface area contributed by atoms with Crippen molar-refractivity contribution in [1.82, 2.24) is 10.3 Å². The summed E-state index contributed by atoms with van der Waals surface area (Å²) in [7, 11) is 3.30. The Hall–Kier alpha value is -3.38. The summed E-state index contributed by atoms with van der Waals surface area (Å²) in [5.74, 6) is 2.77. The lowest BCUT2D eigenvalue weighted by Crippen LogP contribution is -2.44. The fourth-order valence-electron chi connectivity index (χ4n) is 6.14. The molecule has 1 aromatic heterocycles. The Morgan fingerprint density at radius 1 is 0.949 bits per heavy atom. The highest BCUT2D eigenvalue weighted by atomic mass is 16.5. The zero-order chi connectivity index (χ0) is 27.1. The van der Waals surface area contributed by atoms with E-state index < -0.39 is 0 Å². The fourth-order valence-corrected chi connectivity index (χ4v) is 6.14. The molecule has 3 aromatic rings. The monoisotopic (exact) mass is 527 g/mol. The van der Waals surface area contributed by atoms with Crippen molar-refractivity contribution in [2.45, 2.75) is 64.4 Å².